The van der Waals surface area contributed by atoms with Gasteiger partial charge in [0.05, 0.1) is 19.5 Å². The highest BCUT2D eigenvalue weighted by Gasteiger charge is 2.46. The molecule has 0 radical (unpaired) electrons. The number of nitrogens with one attached hydrogen (secondary N) is 2. The number of nitrogens with two attached hydrogens (primary N) is 1. The van der Waals surface area contributed by atoms with Crippen LogP contribution in [0.5, 0.6) is 5.75 Å². The molecule has 158 valence electrons. The third-order valence-corrected chi connectivity index (χ3v) is 5.05. The number of anilines is 1. The second-order valence-electron chi connectivity index (χ2n) is 6.88. The molecule has 0 aliphatic carbocycles. The predicted octanol–water partition coefficient (Wildman–Crippen LogP) is -0.221. The summed E-state index contributed by atoms with van der Waals surface area (Å²) in [7, 11) is 3.10. The molecule has 30 heavy (non-hydrogen) atoms. The summed E-state index contributed by atoms with van der Waals surface area (Å²) in [5, 5.41) is 16.3. The Hall–Kier alpha value is -3.28. The third-order valence-electron chi connectivity index (χ3n) is 5.05. The number of methoxy groups -OCH3 is 1. The zero-order valence-corrected chi connectivity index (χ0v) is 16.5. The van der Waals surface area contributed by atoms with Crippen LogP contribution in [0.25, 0.3) is 11.2 Å². The number of likely N-dealkylation sites (N-methyl/N-ethyl adjacent to an activating group) is 1. The van der Waals surface area contributed by atoms with Crippen LogP contribution in [0.3, 0.4) is 0 Å². The molecule has 11 nitrogen and oxygen atoms in total. The fourth-order valence-corrected chi connectivity index (χ4v) is 3.44. The zero-order chi connectivity index (χ0) is 21.3. The number of hydrogen-bond acceptors (Lipinski definition) is 9. The number of hydrogen-bond donors (Lipinski definition) is 4. The van der Waals surface area contributed by atoms with Crippen LogP contribution in [0.15, 0.2) is 36.9 Å². The number of rotatable bonds is 6. The number of amides is 1. The van der Waals surface area contributed by atoms with Gasteiger partial charge in [0, 0.05) is 13.6 Å². The Kier molecular flexibility index (Phi) is 5.48. The van der Waals surface area contributed by atoms with Gasteiger partial charge in [-0.3, -0.25) is 9.36 Å². The van der Waals surface area contributed by atoms with Gasteiger partial charge in [0.25, 0.3) is 5.91 Å². The number of aliphatic hydroxyl groups is 1. The Morgan fingerprint density at radius 1 is 1.37 bits per heavy atom. The largest absolute Gasteiger partial charge is 0.497 e. The monoisotopic (exact) mass is 413 g/mol. The molecule has 2 aromatic heterocycles. The molecule has 1 aliphatic heterocycles. The van der Waals surface area contributed by atoms with Gasteiger partial charge < -0.3 is 30.9 Å². The predicted molar refractivity (Wildman–Crippen MR) is 108 cm³/mol. The Morgan fingerprint density at radius 3 is 2.97 bits per heavy atom. The molecule has 4 atom stereocenters. The van der Waals surface area contributed by atoms with Gasteiger partial charge in [-0.15, -0.1) is 0 Å². The molecule has 1 aliphatic rings. The van der Waals surface area contributed by atoms with Crippen molar-refractivity contribution in [3.63, 3.8) is 0 Å². The van der Waals surface area contributed by atoms with E-state index in [0.717, 1.165) is 11.3 Å². The summed E-state index contributed by atoms with van der Waals surface area (Å²) in [6.45, 7) is 0.502. The maximum Gasteiger partial charge on any atom is 0.250 e. The van der Waals surface area contributed by atoms with Gasteiger partial charge in [0.1, 0.15) is 18.2 Å². The summed E-state index contributed by atoms with van der Waals surface area (Å²) in [4.78, 5) is 24.9. The van der Waals surface area contributed by atoms with Crippen molar-refractivity contribution < 1.29 is 19.4 Å². The summed E-state index contributed by atoms with van der Waals surface area (Å²) >= 11 is 0. The molecule has 1 amide bonds. The first-order valence-corrected chi connectivity index (χ1v) is 9.38. The number of nitrogens with zero attached hydrogens (tertiary/aromatic N) is 4. The number of ether oxygens (including phenoxy) is 2. The molecule has 1 saturated heterocycles. The maximum absolute atomic E-state index is 12.0. The lowest BCUT2D eigenvalue weighted by Crippen LogP contribution is -2.46. The number of benzene rings is 1. The van der Waals surface area contributed by atoms with Crippen LogP contribution in [0, 0.1) is 0 Å². The molecule has 4 rings (SSSR count). The summed E-state index contributed by atoms with van der Waals surface area (Å²) in [5.41, 5.74) is 7.95. The Bertz CT molecular complexity index is 1060. The van der Waals surface area contributed by atoms with E-state index in [1.165, 1.54) is 19.7 Å². The number of fused-ring (bicyclic) bond motifs is 1. The minimum Gasteiger partial charge on any atom is -0.497 e. The van der Waals surface area contributed by atoms with Crippen LogP contribution >= 0.6 is 0 Å². The van der Waals surface area contributed by atoms with E-state index in [-0.39, 0.29) is 0 Å². The van der Waals surface area contributed by atoms with E-state index in [1.54, 1.807) is 11.7 Å². The van der Waals surface area contributed by atoms with Gasteiger partial charge in [-0.2, -0.15) is 0 Å². The van der Waals surface area contributed by atoms with Crippen molar-refractivity contribution in [3.05, 3.63) is 42.5 Å². The topological polar surface area (TPSA) is 149 Å². The van der Waals surface area contributed by atoms with E-state index in [1.807, 2.05) is 24.3 Å². The highest BCUT2D eigenvalue weighted by molar-refractivity contribution is 5.83. The summed E-state index contributed by atoms with van der Waals surface area (Å²) in [6, 6.07) is 6.80. The molecule has 11 heteroatoms. The van der Waals surface area contributed by atoms with E-state index >= 15 is 0 Å². The normalized spacial score (nSPS) is 23.5. The Labute approximate surface area is 172 Å². The van der Waals surface area contributed by atoms with Crippen molar-refractivity contribution in [1.29, 1.82) is 0 Å². The smallest absolute Gasteiger partial charge is 0.250 e. The molecule has 5 N–H and O–H groups in total. The first-order valence-electron chi connectivity index (χ1n) is 9.38. The Morgan fingerprint density at radius 2 is 2.20 bits per heavy atom. The van der Waals surface area contributed by atoms with Crippen molar-refractivity contribution >= 4 is 22.9 Å². The first kappa shape index (κ1) is 20.0. The fourth-order valence-electron chi connectivity index (χ4n) is 3.44. The third kappa shape index (κ3) is 3.54. The lowest BCUT2D eigenvalue weighted by Gasteiger charge is -2.16. The molecule has 3 aromatic rings. The SMILES string of the molecule is CNC(=O)[C@H]1O[C@@H](n2cnc3c(NCc4cccc(OC)c4)ncnc32)[C@H](O)[C@@H]1N. The number of aliphatic hydroxyl groups excluding tert-OH is 1. The lowest BCUT2D eigenvalue weighted by molar-refractivity contribution is -0.134. The molecule has 0 saturated carbocycles. The van der Waals surface area contributed by atoms with Crippen LogP contribution < -0.4 is 21.1 Å². The van der Waals surface area contributed by atoms with Gasteiger partial charge in [-0.1, -0.05) is 12.1 Å². The van der Waals surface area contributed by atoms with Crippen molar-refractivity contribution in [1.82, 2.24) is 24.8 Å². The minimum atomic E-state index is -1.10. The van der Waals surface area contributed by atoms with Gasteiger partial charge in [-0.05, 0) is 17.7 Å². The van der Waals surface area contributed by atoms with Crippen LogP contribution in [0.2, 0.25) is 0 Å². The average molecular weight is 413 g/mol. The number of aromatic nitrogens is 4. The van der Waals surface area contributed by atoms with E-state index in [4.69, 9.17) is 15.2 Å². The second-order valence-corrected chi connectivity index (χ2v) is 6.88. The molecular formula is C19H23N7O4. The molecule has 3 heterocycles. The number of imidazole rings is 1. The highest BCUT2D eigenvalue weighted by atomic mass is 16.5. The summed E-state index contributed by atoms with van der Waals surface area (Å²) in [6.07, 6.45) is -0.0873. The van der Waals surface area contributed by atoms with Crippen LogP contribution in [0.4, 0.5) is 5.82 Å². The van der Waals surface area contributed by atoms with Crippen molar-refractivity contribution in [2.45, 2.75) is 31.0 Å². The average Bonchev–Trinajstić information content (AvgIpc) is 3.33. The Balaban J connectivity index is 1.58. The highest BCUT2D eigenvalue weighted by Crippen LogP contribution is 2.31. The molecule has 1 fully saturated rings. The zero-order valence-electron chi connectivity index (χ0n) is 16.5. The maximum atomic E-state index is 12.0. The van der Waals surface area contributed by atoms with Gasteiger partial charge in [-0.25, -0.2) is 15.0 Å². The molecule has 1 aromatic carbocycles. The molecule has 0 spiro atoms. The van der Waals surface area contributed by atoms with E-state index < -0.39 is 30.4 Å². The molecular weight excluding hydrogens is 390 g/mol. The quantitative estimate of drug-likeness (QED) is 0.430. The van der Waals surface area contributed by atoms with Crippen LogP contribution in [-0.2, 0) is 16.1 Å². The minimum absolute atomic E-state index is 0.399. The van der Waals surface area contributed by atoms with Gasteiger partial charge in [0.15, 0.2) is 29.3 Å². The standard InChI is InChI=1S/C19H23N7O4/c1-21-18(28)15-12(20)14(27)19(30-15)26-9-25-13-16(23-8-24-17(13)26)22-7-10-4-3-5-11(6-10)29-2/h3-6,8-9,12,14-15,19,27H,7,20H2,1-2H3,(H,21,28)(H,22,23,24)/t12-,14+,15-,19+/m0/s1. The van der Waals surface area contributed by atoms with E-state index in [2.05, 4.69) is 25.6 Å². The van der Waals surface area contributed by atoms with Crippen LogP contribution in [-0.4, -0.2) is 62.9 Å². The number of carbonyl (C=O) groups is 1. The second kappa shape index (κ2) is 8.22. The first-order chi connectivity index (χ1) is 14.5. The van der Waals surface area contributed by atoms with Crippen molar-refractivity contribution in [2.75, 3.05) is 19.5 Å². The van der Waals surface area contributed by atoms with Crippen molar-refractivity contribution in [2.24, 2.45) is 5.73 Å². The van der Waals surface area contributed by atoms with E-state index in [0.29, 0.717) is 23.5 Å². The summed E-state index contributed by atoms with van der Waals surface area (Å²) in [5.74, 6) is 0.894. The number of carbonyl (C=O) groups excluding carboxylic acids is 1. The molecule has 0 bridgehead atoms. The van der Waals surface area contributed by atoms with E-state index in [9.17, 15) is 9.90 Å². The fraction of sp³-hybridized carbons (Fsp3) is 0.368. The van der Waals surface area contributed by atoms with Gasteiger partial charge in [0.2, 0.25) is 0 Å². The lowest BCUT2D eigenvalue weighted by atomic mass is 10.1. The summed E-state index contributed by atoms with van der Waals surface area (Å²) < 4.78 is 12.5. The van der Waals surface area contributed by atoms with Crippen LogP contribution in [0.1, 0.15) is 11.8 Å². The molecule has 0 unspecified atom stereocenters. The van der Waals surface area contributed by atoms with Gasteiger partial charge >= 0.3 is 0 Å². The van der Waals surface area contributed by atoms with Crippen molar-refractivity contribution in [3.8, 4) is 5.75 Å².